The van der Waals surface area contributed by atoms with Gasteiger partial charge in [0.25, 0.3) is 6.29 Å². The van der Waals surface area contributed by atoms with Crippen LogP contribution in [0.5, 0.6) is 0 Å². The van der Waals surface area contributed by atoms with Gasteiger partial charge in [0, 0.05) is 12.8 Å². The molecule has 0 aliphatic heterocycles. The number of carbonyl (C=O) groups excluding carboxylic acids is 2. The molecule has 0 fully saturated rings. The molecule has 0 aromatic carbocycles. The van der Waals surface area contributed by atoms with Crippen LogP contribution in [-0.4, -0.2) is 87.4 Å². The molecule has 0 spiro atoms. The molecule has 0 rings (SSSR count). The largest absolute Gasteiger partial charge is 0.477 e. The fraction of sp³-hybridized carbons (Fsp3) is 0.577. The maximum absolute atomic E-state index is 12.9. The molecule has 0 aliphatic carbocycles. The number of esters is 2. The number of quaternary nitrogens is 1. The Kier molecular flexibility index (Phi) is 62.1. The van der Waals surface area contributed by atoms with E-state index in [-0.39, 0.29) is 38.6 Å². The Morgan fingerprint density at radius 3 is 1.00 bits per heavy atom. The van der Waals surface area contributed by atoms with Crippen molar-refractivity contribution in [3.63, 3.8) is 0 Å². The highest BCUT2D eigenvalue weighted by Crippen LogP contribution is 2.14. The summed E-state index contributed by atoms with van der Waals surface area (Å²) >= 11 is 0. The first-order chi connectivity index (χ1) is 42.6. The van der Waals surface area contributed by atoms with Gasteiger partial charge in [-0.1, -0.05) is 260 Å². The van der Waals surface area contributed by atoms with E-state index in [2.05, 4.69) is 196 Å². The molecular formula is C78H124NO8+. The fourth-order valence-electron chi connectivity index (χ4n) is 8.47. The summed E-state index contributed by atoms with van der Waals surface area (Å²) < 4.78 is 22.9. The zero-order valence-electron chi connectivity index (χ0n) is 55.6. The van der Waals surface area contributed by atoms with Crippen molar-refractivity contribution in [2.24, 2.45) is 0 Å². The maximum Gasteiger partial charge on any atom is 0.361 e. The third-order valence-electron chi connectivity index (χ3n) is 13.6. The molecule has 488 valence electrons. The molecular weight excluding hydrogens is 1080 g/mol. The van der Waals surface area contributed by atoms with E-state index in [0.717, 1.165) is 135 Å². The third kappa shape index (κ3) is 67.8. The number of allylic oxidation sites excluding steroid dienone is 30. The van der Waals surface area contributed by atoms with E-state index in [9.17, 15) is 19.5 Å². The minimum atomic E-state index is -1.54. The molecule has 0 bridgehead atoms. The predicted octanol–water partition coefficient (Wildman–Crippen LogP) is 21.2. The molecule has 0 saturated heterocycles. The van der Waals surface area contributed by atoms with Crippen LogP contribution in [0.3, 0.4) is 0 Å². The maximum atomic E-state index is 12.9. The number of aliphatic carboxylic acids is 1. The van der Waals surface area contributed by atoms with Gasteiger partial charge in [-0.3, -0.25) is 9.59 Å². The van der Waals surface area contributed by atoms with Gasteiger partial charge >= 0.3 is 17.9 Å². The number of hydrogen-bond acceptors (Lipinski definition) is 7. The highest BCUT2D eigenvalue weighted by Gasteiger charge is 2.25. The highest BCUT2D eigenvalue weighted by atomic mass is 16.7. The molecule has 0 radical (unpaired) electrons. The smallest absolute Gasteiger partial charge is 0.361 e. The standard InChI is InChI=1S/C78H123NO8/c1-6-8-10-12-14-16-18-20-22-24-26-28-30-31-32-33-34-35-36-37-38-39-40-41-42-43-44-45-47-49-51-53-55-57-59-61-63-65-67-69-76(81)87-74(73-86-78(77(82)83)84-71-70-79(3,4)5)72-85-75(80)68-66-64-62-60-58-56-54-52-50-48-46-29-27-25-23-21-19-17-15-13-11-9-7-2/h8,10,14,16,19-22,25-28,31-32,34-35,37-38,40-41,43-44,46-49,53,55,59,61,74,78H,6-7,9,11-13,15,17-18,23-24,29-30,33,36,39,42,45,50-52,54,56-58,60,62-73H2,1-5H3/p+1/b10-8-,16-14-,21-19-,22-20-,27-25-,28-26-,32-31-,35-34-,38-37-,41-40-,44-43-,48-46-,49-47-,55-53-,61-59-. The van der Waals surface area contributed by atoms with Crippen LogP contribution in [0, 0.1) is 0 Å². The van der Waals surface area contributed by atoms with Gasteiger partial charge in [-0.2, -0.15) is 0 Å². The molecule has 87 heavy (non-hydrogen) atoms. The van der Waals surface area contributed by atoms with E-state index in [1.54, 1.807) is 0 Å². The van der Waals surface area contributed by atoms with Crippen LogP contribution in [0.4, 0.5) is 0 Å². The van der Waals surface area contributed by atoms with E-state index >= 15 is 0 Å². The van der Waals surface area contributed by atoms with Crippen LogP contribution in [0.2, 0.25) is 0 Å². The second kappa shape index (κ2) is 66.3. The third-order valence-corrected chi connectivity index (χ3v) is 13.6. The number of unbranched alkanes of at least 4 members (excludes halogenated alkanes) is 15. The Bertz CT molecular complexity index is 2080. The summed E-state index contributed by atoms with van der Waals surface area (Å²) in [6.07, 6.45) is 98.5. The molecule has 0 aliphatic rings. The average Bonchev–Trinajstić information content (AvgIpc) is 3.55. The van der Waals surface area contributed by atoms with Gasteiger partial charge < -0.3 is 28.5 Å². The van der Waals surface area contributed by atoms with Crippen LogP contribution in [0.15, 0.2) is 182 Å². The Morgan fingerprint density at radius 1 is 0.356 bits per heavy atom. The second-order valence-corrected chi connectivity index (χ2v) is 23.0. The van der Waals surface area contributed by atoms with E-state index in [4.69, 9.17) is 18.9 Å². The van der Waals surface area contributed by atoms with Crippen molar-refractivity contribution in [3.8, 4) is 0 Å². The topological polar surface area (TPSA) is 108 Å². The lowest BCUT2D eigenvalue weighted by Gasteiger charge is -2.25. The van der Waals surface area contributed by atoms with E-state index in [1.165, 1.54) is 64.2 Å². The van der Waals surface area contributed by atoms with E-state index in [1.807, 2.05) is 21.1 Å². The minimum Gasteiger partial charge on any atom is -0.477 e. The summed E-state index contributed by atoms with van der Waals surface area (Å²) in [7, 11) is 5.94. The number of hydrogen-bond donors (Lipinski definition) is 1. The molecule has 0 saturated carbocycles. The summed E-state index contributed by atoms with van der Waals surface area (Å²) in [5.74, 6) is -2.10. The zero-order chi connectivity index (χ0) is 63.3. The van der Waals surface area contributed by atoms with Gasteiger partial charge in [0.2, 0.25) is 0 Å². The summed E-state index contributed by atoms with van der Waals surface area (Å²) in [6.45, 7) is 4.67. The lowest BCUT2D eigenvalue weighted by atomic mass is 10.1. The first-order valence-corrected chi connectivity index (χ1v) is 33.9. The van der Waals surface area contributed by atoms with Crippen molar-refractivity contribution in [1.82, 2.24) is 0 Å². The van der Waals surface area contributed by atoms with Crippen LogP contribution in [-0.2, 0) is 33.3 Å². The molecule has 2 unspecified atom stereocenters. The molecule has 0 heterocycles. The van der Waals surface area contributed by atoms with Crippen molar-refractivity contribution >= 4 is 17.9 Å². The van der Waals surface area contributed by atoms with Crippen LogP contribution in [0.1, 0.15) is 232 Å². The number of nitrogens with zero attached hydrogens (tertiary/aromatic N) is 1. The van der Waals surface area contributed by atoms with Gasteiger partial charge in [-0.25, -0.2) is 4.79 Å². The quantitative estimate of drug-likeness (QED) is 0.0211. The molecule has 0 aromatic heterocycles. The fourth-order valence-corrected chi connectivity index (χ4v) is 8.47. The van der Waals surface area contributed by atoms with Gasteiger partial charge in [0.15, 0.2) is 6.10 Å². The van der Waals surface area contributed by atoms with Gasteiger partial charge in [0.05, 0.1) is 34.4 Å². The number of ether oxygens (including phenoxy) is 4. The molecule has 2 atom stereocenters. The first kappa shape index (κ1) is 81.4. The summed E-state index contributed by atoms with van der Waals surface area (Å²) in [4.78, 5) is 37.5. The first-order valence-electron chi connectivity index (χ1n) is 33.9. The lowest BCUT2D eigenvalue weighted by Crippen LogP contribution is -2.40. The molecule has 9 heteroatoms. The normalized spacial score (nSPS) is 13.9. The van der Waals surface area contributed by atoms with Crippen molar-refractivity contribution in [1.29, 1.82) is 0 Å². The monoisotopic (exact) mass is 1200 g/mol. The summed E-state index contributed by atoms with van der Waals surface area (Å²) in [5.41, 5.74) is 0. The van der Waals surface area contributed by atoms with Gasteiger partial charge in [0.1, 0.15) is 13.2 Å². The van der Waals surface area contributed by atoms with Crippen molar-refractivity contribution in [2.45, 2.75) is 245 Å². The Balaban J connectivity index is 4.32. The average molecular weight is 1200 g/mol. The minimum absolute atomic E-state index is 0.167. The second-order valence-electron chi connectivity index (χ2n) is 23.0. The number of carbonyl (C=O) groups is 3. The number of likely N-dealkylation sites (N-methyl/N-ethyl adjacent to an activating group) is 1. The number of carboxylic acids is 1. The molecule has 0 aromatic rings. The summed E-state index contributed by atoms with van der Waals surface area (Å²) in [6, 6.07) is 0. The predicted molar refractivity (Wildman–Crippen MR) is 372 cm³/mol. The Hall–Kier alpha value is -5.61. The van der Waals surface area contributed by atoms with Crippen molar-refractivity contribution in [3.05, 3.63) is 182 Å². The Morgan fingerprint density at radius 2 is 0.655 bits per heavy atom. The molecule has 1 N–H and O–H groups in total. The van der Waals surface area contributed by atoms with E-state index in [0.29, 0.717) is 17.4 Å². The SMILES string of the molecule is CC/C=C\C/C=C\C/C=C\C/C=C\C/C=C\C/C=C\C/C=C\C/C=C\C/C=C\C/C=C\C/C=C\C/C=C\CCCCC(=O)OC(COC(=O)CCCCCCCCCC/C=C\C/C=C\C/C=C\CCCCCCC)COC(OCC[N+](C)(C)C)C(=O)O. The zero-order valence-corrected chi connectivity index (χ0v) is 55.6. The lowest BCUT2D eigenvalue weighted by molar-refractivity contribution is -0.870. The van der Waals surface area contributed by atoms with Crippen LogP contribution in [0.25, 0.3) is 0 Å². The summed E-state index contributed by atoms with van der Waals surface area (Å²) in [5, 5.41) is 9.73. The molecule has 9 nitrogen and oxygen atoms in total. The highest BCUT2D eigenvalue weighted by molar-refractivity contribution is 5.71. The van der Waals surface area contributed by atoms with Gasteiger partial charge in [-0.15, -0.1) is 0 Å². The number of carboxylic acid groups (broad SMARTS) is 1. The van der Waals surface area contributed by atoms with Crippen molar-refractivity contribution < 1.29 is 42.9 Å². The number of rotatable bonds is 60. The van der Waals surface area contributed by atoms with Crippen LogP contribution < -0.4 is 0 Å². The molecule has 0 amide bonds. The van der Waals surface area contributed by atoms with E-state index < -0.39 is 24.3 Å². The Labute approximate surface area is 532 Å². The van der Waals surface area contributed by atoms with Crippen molar-refractivity contribution in [2.75, 3.05) is 47.5 Å². The van der Waals surface area contributed by atoms with Crippen LogP contribution >= 0.6 is 0 Å². The van der Waals surface area contributed by atoms with Gasteiger partial charge in [-0.05, 0) is 141 Å².